The molecule has 10 heteroatoms. The summed E-state index contributed by atoms with van der Waals surface area (Å²) < 4.78 is 49.4. The number of rotatable bonds is 7. The molecule has 3 aromatic rings. The van der Waals surface area contributed by atoms with E-state index in [1.165, 1.54) is 53.0 Å². The minimum atomic E-state index is -3.70. The molecule has 33 heavy (non-hydrogen) atoms. The molecule has 2 aromatic carbocycles. The Bertz CT molecular complexity index is 1320. The molecular weight excluding hydrogens is 465 g/mol. The number of para-hydroxylation sites is 1. The van der Waals surface area contributed by atoms with Gasteiger partial charge in [0.25, 0.3) is 5.91 Å². The summed E-state index contributed by atoms with van der Waals surface area (Å²) in [6.45, 7) is 3.45. The first-order valence-corrected chi connectivity index (χ1v) is 13.1. The van der Waals surface area contributed by atoms with Crippen molar-refractivity contribution < 1.29 is 22.3 Å². The second-order valence-electron chi connectivity index (χ2n) is 7.98. The zero-order chi connectivity index (χ0) is 23.6. The number of amides is 1. The fourth-order valence-electron chi connectivity index (χ4n) is 3.88. The average molecular weight is 492 g/mol. The largest absolute Gasteiger partial charge is 0.377 e. The standard InChI is InChI=1S/C23H26FN3O4S2/c1-3-13-27-21-19(24)7-4-8-20(21)32-23(27)25-22(28)16-9-11-18(12-10-16)33(29,30)26(2)15-17-6-5-14-31-17/h4,7-12,17H,3,5-6,13-15H2,1-2H3. The maximum absolute atomic E-state index is 14.4. The summed E-state index contributed by atoms with van der Waals surface area (Å²) in [6, 6.07) is 10.6. The lowest BCUT2D eigenvalue weighted by atomic mass is 10.2. The molecule has 1 aliphatic heterocycles. The summed E-state index contributed by atoms with van der Waals surface area (Å²) in [6.07, 6.45) is 2.44. The Balaban J connectivity index is 1.59. The van der Waals surface area contributed by atoms with Crippen molar-refractivity contribution in [3.8, 4) is 0 Å². The van der Waals surface area contributed by atoms with Gasteiger partial charge in [-0.15, -0.1) is 0 Å². The number of nitrogens with zero attached hydrogens (tertiary/aromatic N) is 3. The Labute approximate surface area is 196 Å². The molecule has 0 bridgehead atoms. The highest BCUT2D eigenvalue weighted by Gasteiger charge is 2.26. The van der Waals surface area contributed by atoms with Crippen LogP contribution in [0.15, 0.2) is 52.4 Å². The van der Waals surface area contributed by atoms with Crippen LogP contribution in [0.4, 0.5) is 4.39 Å². The number of carbonyl (C=O) groups excluding carboxylic acids is 1. The fourth-order valence-corrected chi connectivity index (χ4v) is 6.15. The van der Waals surface area contributed by atoms with E-state index >= 15 is 0 Å². The van der Waals surface area contributed by atoms with Crippen molar-refractivity contribution in [2.75, 3.05) is 20.2 Å². The van der Waals surface area contributed by atoms with Gasteiger partial charge in [-0.25, -0.2) is 12.8 Å². The van der Waals surface area contributed by atoms with E-state index in [0.29, 0.717) is 28.2 Å². The number of fused-ring (bicyclic) bond motifs is 1. The number of hydrogen-bond acceptors (Lipinski definition) is 5. The van der Waals surface area contributed by atoms with Gasteiger partial charge in [0.2, 0.25) is 10.0 Å². The van der Waals surface area contributed by atoms with Crippen LogP contribution in [0.3, 0.4) is 0 Å². The van der Waals surface area contributed by atoms with E-state index in [4.69, 9.17) is 4.74 Å². The number of sulfonamides is 1. The van der Waals surface area contributed by atoms with Crippen molar-refractivity contribution in [1.82, 2.24) is 8.87 Å². The molecule has 1 saturated heterocycles. The predicted octanol–water partition coefficient (Wildman–Crippen LogP) is 3.79. The van der Waals surface area contributed by atoms with Crippen LogP contribution in [0.25, 0.3) is 10.2 Å². The van der Waals surface area contributed by atoms with Crippen LogP contribution in [0.2, 0.25) is 0 Å². The number of likely N-dealkylation sites (N-methyl/N-ethyl adjacent to an activating group) is 1. The number of ether oxygens (including phenoxy) is 1. The molecule has 176 valence electrons. The molecule has 1 aliphatic rings. The van der Waals surface area contributed by atoms with Gasteiger partial charge in [0.1, 0.15) is 5.82 Å². The molecule has 0 radical (unpaired) electrons. The van der Waals surface area contributed by atoms with Crippen molar-refractivity contribution in [2.24, 2.45) is 4.99 Å². The van der Waals surface area contributed by atoms with Crippen molar-refractivity contribution in [2.45, 2.75) is 43.7 Å². The maximum Gasteiger partial charge on any atom is 0.279 e. The zero-order valence-corrected chi connectivity index (χ0v) is 20.2. The van der Waals surface area contributed by atoms with E-state index in [9.17, 15) is 17.6 Å². The van der Waals surface area contributed by atoms with E-state index in [2.05, 4.69) is 4.99 Å². The van der Waals surface area contributed by atoms with Gasteiger partial charge in [-0.05, 0) is 55.7 Å². The van der Waals surface area contributed by atoms with Crippen molar-refractivity contribution >= 4 is 37.5 Å². The molecule has 1 atom stereocenters. The molecule has 0 N–H and O–H groups in total. The van der Waals surface area contributed by atoms with E-state index in [1.807, 2.05) is 6.92 Å². The van der Waals surface area contributed by atoms with Crippen LogP contribution < -0.4 is 4.80 Å². The minimum Gasteiger partial charge on any atom is -0.377 e. The number of halogens is 1. The normalized spacial score (nSPS) is 17.3. The van der Waals surface area contributed by atoms with Crippen LogP contribution >= 0.6 is 11.3 Å². The number of aryl methyl sites for hydroxylation is 1. The summed E-state index contributed by atoms with van der Waals surface area (Å²) in [5.41, 5.74) is 0.698. The Morgan fingerprint density at radius 1 is 1.27 bits per heavy atom. The van der Waals surface area contributed by atoms with Crippen molar-refractivity contribution in [3.05, 3.63) is 58.6 Å². The van der Waals surface area contributed by atoms with E-state index in [-0.39, 0.29) is 28.9 Å². The first-order valence-electron chi connectivity index (χ1n) is 10.9. The Kier molecular flexibility index (Phi) is 7.08. The second kappa shape index (κ2) is 9.84. The fraction of sp³-hybridized carbons (Fsp3) is 0.391. The molecule has 1 unspecified atom stereocenters. The third-order valence-corrected chi connectivity index (χ3v) is 8.47. The van der Waals surface area contributed by atoms with Crippen LogP contribution in [0.5, 0.6) is 0 Å². The molecule has 1 amide bonds. The van der Waals surface area contributed by atoms with Gasteiger partial charge in [-0.2, -0.15) is 9.30 Å². The van der Waals surface area contributed by atoms with Crippen LogP contribution in [0, 0.1) is 5.82 Å². The zero-order valence-electron chi connectivity index (χ0n) is 18.5. The summed E-state index contributed by atoms with van der Waals surface area (Å²) >= 11 is 1.25. The lowest BCUT2D eigenvalue weighted by molar-refractivity contribution is 0.0979. The first kappa shape index (κ1) is 23.7. The van der Waals surface area contributed by atoms with Crippen molar-refractivity contribution in [1.29, 1.82) is 0 Å². The van der Waals surface area contributed by atoms with Gasteiger partial charge in [0, 0.05) is 32.3 Å². The lowest BCUT2D eigenvalue weighted by Gasteiger charge is -2.20. The van der Waals surface area contributed by atoms with E-state index in [1.54, 1.807) is 16.7 Å². The molecule has 2 heterocycles. The Morgan fingerprint density at radius 3 is 2.70 bits per heavy atom. The molecule has 7 nitrogen and oxygen atoms in total. The highest BCUT2D eigenvalue weighted by Crippen LogP contribution is 2.22. The van der Waals surface area contributed by atoms with Crippen LogP contribution in [-0.4, -0.2) is 49.5 Å². The average Bonchev–Trinajstić information content (AvgIpc) is 3.43. The molecule has 0 saturated carbocycles. The van der Waals surface area contributed by atoms with Gasteiger partial charge < -0.3 is 9.30 Å². The smallest absolute Gasteiger partial charge is 0.279 e. The summed E-state index contributed by atoms with van der Waals surface area (Å²) in [5, 5.41) is 0. The van der Waals surface area contributed by atoms with Gasteiger partial charge >= 0.3 is 0 Å². The number of carbonyl (C=O) groups is 1. The number of aromatic nitrogens is 1. The number of thiazole rings is 1. The maximum atomic E-state index is 14.4. The highest BCUT2D eigenvalue weighted by atomic mass is 32.2. The van der Waals surface area contributed by atoms with Crippen LogP contribution in [0.1, 0.15) is 36.5 Å². The molecule has 1 aromatic heterocycles. The highest BCUT2D eigenvalue weighted by molar-refractivity contribution is 7.89. The molecule has 0 aliphatic carbocycles. The Hall–Kier alpha value is -2.40. The van der Waals surface area contributed by atoms with Crippen molar-refractivity contribution in [3.63, 3.8) is 0 Å². The van der Waals surface area contributed by atoms with Crippen LogP contribution in [-0.2, 0) is 21.3 Å². The summed E-state index contributed by atoms with van der Waals surface area (Å²) in [4.78, 5) is 17.5. The predicted molar refractivity (Wildman–Crippen MR) is 125 cm³/mol. The number of benzene rings is 2. The first-order chi connectivity index (χ1) is 15.8. The van der Waals surface area contributed by atoms with Gasteiger partial charge in [0.15, 0.2) is 4.80 Å². The second-order valence-corrected chi connectivity index (χ2v) is 11.0. The van der Waals surface area contributed by atoms with Gasteiger partial charge in [0.05, 0.1) is 21.2 Å². The summed E-state index contributed by atoms with van der Waals surface area (Å²) in [5.74, 6) is -0.865. The third-order valence-electron chi connectivity index (χ3n) is 5.59. The minimum absolute atomic E-state index is 0.0922. The molecule has 0 spiro atoms. The summed E-state index contributed by atoms with van der Waals surface area (Å²) in [7, 11) is -2.17. The third kappa shape index (κ3) is 4.93. The SMILES string of the molecule is CCCn1c(=NC(=O)c2ccc(S(=O)(=O)N(C)CC3CCCO3)cc2)sc2cccc(F)c21. The molecule has 4 rings (SSSR count). The quantitative estimate of drug-likeness (QED) is 0.504. The Morgan fingerprint density at radius 2 is 2.03 bits per heavy atom. The monoisotopic (exact) mass is 491 g/mol. The van der Waals surface area contributed by atoms with Gasteiger partial charge in [-0.3, -0.25) is 4.79 Å². The van der Waals surface area contributed by atoms with E-state index in [0.717, 1.165) is 19.3 Å². The van der Waals surface area contributed by atoms with E-state index < -0.39 is 15.9 Å². The van der Waals surface area contributed by atoms with Gasteiger partial charge in [-0.1, -0.05) is 24.3 Å². The molecular formula is C23H26FN3O4S2. The lowest BCUT2D eigenvalue weighted by Crippen LogP contribution is -2.34. The molecule has 1 fully saturated rings. The number of hydrogen-bond donors (Lipinski definition) is 0. The topological polar surface area (TPSA) is 81.0 Å².